The number of methoxy groups -OCH3 is 3. The van der Waals surface area contributed by atoms with Crippen molar-refractivity contribution in [3.05, 3.63) is 125 Å². The van der Waals surface area contributed by atoms with Crippen molar-refractivity contribution in [3.63, 3.8) is 0 Å². The summed E-state index contributed by atoms with van der Waals surface area (Å²) in [6.45, 7) is -1.29. The summed E-state index contributed by atoms with van der Waals surface area (Å²) in [5.41, 5.74) is 0.528. The van der Waals surface area contributed by atoms with Crippen molar-refractivity contribution in [2.75, 3.05) is 34.5 Å². The minimum Gasteiger partial charge on any atom is -0.497 e. The SMILES string of the molecule is COC(=O)COC(=O)C1C(C(=O)OCC(=O)OC)[C@@H]2C[C@H]1C1C2[C@]2(c3ccccc3)c3c(c4cc(OC)ccc4c4ccccc34)[C@@]1(c1ccccc1)N2[O]. The lowest BCUT2D eigenvalue weighted by atomic mass is 9.52. The van der Waals surface area contributed by atoms with Crippen LogP contribution in [0.15, 0.2) is 103 Å². The minimum atomic E-state index is -1.35. The smallest absolute Gasteiger partial charge is 0.344 e. The molecule has 0 N–H and O–H groups in total. The van der Waals surface area contributed by atoms with Crippen molar-refractivity contribution < 1.29 is 48.1 Å². The third kappa shape index (κ3) is 4.56. The lowest BCUT2D eigenvalue weighted by molar-refractivity contribution is -0.246. The number of carbonyl (C=O) groups excluding carboxylic acids is 4. The number of ether oxygens (including phenoxy) is 5. The highest BCUT2D eigenvalue weighted by Gasteiger charge is 2.84. The van der Waals surface area contributed by atoms with Crippen molar-refractivity contribution in [1.82, 2.24) is 5.06 Å². The summed E-state index contributed by atoms with van der Waals surface area (Å²) in [7, 11) is 4.00. The number of esters is 4. The van der Waals surface area contributed by atoms with E-state index in [0.717, 1.165) is 43.8 Å². The summed E-state index contributed by atoms with van der Waals surface area (Å²) >= 11 is 0. The lowest BCUT2D eigenvalue weighted by Crippen LogP contribution is -2.52. The van der Waals surface area contributed by atoms with Crippen molar-refractivity contribution in [2.45, 2.75) is 17.5 Å². The van der Waals surface area contributed by atoms with E-state index >= 15 is 5.21 Å². The van der Waals surface area contributed by atoms with Crippen LogP contribution in [0, 0.1) is 35.5 Å². The van der Waals surface area contributed by atoms with E-state index < -0.39 is 83.7 Å². The summed E-state index contributed by atoms with van der Waals surface area (Å²) in [6, 6.07) is 33.4. The molecule has 0 amide bonds. The van der Waals surface area contributed by atoms with Gasteiger partial charge in [-0.1, -0.05) is 91.0 Å². The second-order valence-corrected chi connectivity index (χ2v) is 14.8. The Morgan fingerprint density at radius 2 is 1.05 bits per heavy atom. The predicted octanol–water partition coefficient (Wildman–Crippen LogP) is 5.71. The number of nitrogens with zero attached hydrogens (tertiary/aromatic N) is 1. The molecule has 5 aromatic carbocycles. The summed E-state index contributed by atoms with van der Waals surface area (Å²) in [6.07, 6.45) is 0.398. The van der Waals surface area contributed by atoms with Crippen LogP contribution < -0.4 is 4.74 Å². The molecule has 4 aliphatic rings. The molecule has 4 unspecified atom stereocenters. The van der Waals surface area contributed by atoms with Crippen LogP contribution in [0.5, 0.6) is 5.75 Å². The predicted molar refractivity (Wildman–Crippen MR) is 196 cm³/mol. The van der Waals surface area contributed by atoms with Crippen LogP contribution in [-0.2, 0) is 54.4 Å². The summed E-state index contributed by atoms with van der Waals surface area (Å²) in [4.78, 5) is 53.0. The molecule has 1 radical (unpaired) electrons. The first-order valence-electron chi connectivity index (χ1n) is 18.3. The zero-order chi connectivity index (χ0) is 38.2. The molecule has 11 nitrogen and oxygen atoms in total. The number of hydrogen-bond donors (Lipinski definition) is 0. The fourth-order valence-electron chi connectivity index (χ4n) is 11.2. The maximum atomic E-state index is 16.4. The third-order valence-electron chi connectivity index (χ3n) is 12.9. The quantitative estimate of drug-likeness (QED) is 0.105. The average Bonchev–Trinajstić information content (AvgIpc) is 3.94. The fourth-order valence-corrected chi connectivity index (χ4v) is 11.2. The maximum Gasteiger partial charge on any atom is 0.344 e. The van der Waals surface area contributed by atoms with Gasteiger partial charge >= 0.3 is 23.9 Å². The van der Waals surface area contributed by atoms with E-state index in [1.807, 2.05) is 91.0 Å². The summed E-state index contributed by atoms with van der Waals surface area (Å²) < 4.78 is 26.4. The molecule has 2 heterocycles. The molecule has 11 heteroatoms. The third-order valence-corrected chi connectivity index (χ3v) is 12.9. The van der Waals surface area contributed by atoms with Gasteiger partial charge in [0.15, 0.2) is 13.2 Å². The van der Waals surface area contributed by atoms with Gasteiger partial charge in [0.1, 0.15) is 16.8 Å². The van der Waals surface area contributed by atoms with Crippen LogP contribution in [0.2, 0.25) is 0 Å². The second kappa shape index (κ2) is 12.9. The van der Waals surface area contributed by atoms with Crippen LogP contribution >= 0.6 is 0 Å². The van der Waals surface area contributed by atoms with Crippen molar-refractivity contribution in [3.8, 4) is 5.75 Å². The van der Waals surface area contributed by atoms with Crippen molar-refractivity contribution >= 4 is 45.4 Å². The van der Waals surface area contributed by atoms with E-state index in [1.54, 1.807) is 7.11 Å². The van der Waals surface area contributed by atoms with Gasteiger partial charge in [-0.15, -0.1) is 10.3 Å². The Bertz CT molecular complexity index is 2380. The van der Waals surface area contributed by atoms with Crippen molar-refractivity contribution in [2.24, 2.45) is 35.5 Å². The van der Waals surface area contributed by atoms with Crippen LogP contribution in [0.4, 0.5) is 0 Å². The van der Waals surface area contributed by atoms with Crippen molar-refractivity contribution in [1.29, 1.82) is 0 Å². The molecule has 9 rings (SSSR count). The first-order chi connectivity index (χ1) is 26.7. The zero-order valence-corrected chi connectivity index (χ0v) is 30.4. The van der Waals surface area contributed by atoms with E-state index in [9.17, 15) is 19.2 Å². The Labute approximate surface area is 316 Å². The highest BCUT2D eigenvalue weighted by atomic mass is 16.6. The molecule has 3 fully saturated rings. The van der Waals surface area contributed by atoms with Gasteiger partial charge in [0.25, 0.3) is 0 Å². The molecule has 279 valence electrons. The van der Waals surface area contributed by atoms with Crippen LogP contribution in [0.1, 0.15) is 28.7 Å². The van der Waals surface area contributed by atoms with Gasteiger partial charge in [-0.25, -0.2) is 9.59 Å². The molecule has 1 saturated heterocycles. The molecule has 0 spiro atoms. The van der Waals surface area contributed by atoms with E-state index in [2.05, 4.69) is 12.1 Å². The maximum absolute atomic E-state index is 16.4. The molecule has 2 saturated carbocycles. The Morgan fingerprint density at radius 3 is 1.55 bits per heavy atom. The number of rotatable bonds is 9. The Balaban J connectivity index is 1.38. The van der Waals surface area contributed by atoms with E-state index in [-0.39, 0.29) is 0 Å². The molecule has 2 aliphatic heterocycles. The van der Waals surface area contributed by atoms with Gasteiger partial charge in [-0.3, -0.25) is 9.59 Å². The number of benzene rings is 5. The second-order valence-electron chi connectivity index (χ2n) is 14.8. The Morgan fingerprint density at radius 1 is 0.600 bits per heavy atom. The molecular weight excluding hydrogens is 702 g/mol. The largest absolute Gasteiger partial charge is 0.497 e. The van der Waals surface area contributed by atoms with Crippen LogP contribution in [-0.4, -0.2) is 63.5 Å². The average molecular weight is 741 g/mol. The van der Waals surface area contributed by atoms with E-state index in [1.165, 1.54) is 19.3 Å². The number of carbonyl (C=O) groups is 4. The normalized spacial score (nSPS) is 28.4. The number of hydroxylamine groups is 2. The molecule has 2 aliphatic carbocycles. The van der Waals surface area contributed by atoms with E-state index in [4.69, 9.17) is 23.7 Å². The first kappa shape index (κ1) is 35.0. The Kier molecular flexibility index (Phi) is 8.21. The summed E-state index contributed by atoms with van der Waals surface area (Å²) in [5.74, 6) is -6.73. The molecule has 8 atom stereocenters. The number of fused-ring (bicyclic) bond motifs is 17. The minimum absolute atomic E-state index is 0.398. The first-order valence-corrected chi connectivity index (χ1v) is 18.3. The topological polar surface area (TPSA) is 138 Å². The van der Waals surface area contributed by atoms with E-state index in [0.29, 0.717) is 12.2 Å². The summed E-state index contributed by atoms with van der Waals surface area (Å²) in [5, 5.41) is 21.4. The molecule has 0 aromatic heterocycles. The monoisotopic (exact) mass is 740 g/mol. The van der Waals surface area contributed by atoms with Gasteiger partial charge in [0.05, 0.1) is 33.2 Å². The molecular formula is C44H38NO10. The molecule has 5 aromatic rings. The highest BCUT2D eigenvalue weighted by Crippen LogP contribution is 2.81. The number of hydrogen-bond acceptors (Lipinski definition) is 10. The van der Waals surface area contributed by atoms with Gasteiger partial charge < -0.3 is 23.7 Å². The lowest BCUT2D eigenvalue weighted by Gasteiger charge is -2.48. The molecule has 55 heavy (non-hydrogen) atoms. The fraction of sp³-hybridized carbons (Fsp3) is 0.318. The Hall–Kier alpha value is -5.78. The van der Waals surface area contributed by atoms with Gasteiger partial charge in [0.2, 0.25) is 0 Å². The van der Waals surface area contributed by atoms with Crippen LogP contribution in [0.25, 0.3) is 21.5 Å². The van der Waals surface area contributed by atoms with Gasteiger partial charge in [-0.2, -0.15) is 0 Å². The van der Waals surface area contributed by atoms with Gasteiger partial charge in [-0.05, 0) is 86.0 Å². The van der Waals surface area contributed by atoms with Gasteiger partial charge in [0, 0.05) is 0 Å². The standard InChI is InChI=1S/C44H38NO10/c1-51-26-18-19-28-27-16-10-11-17-29(27)37-38(30(28)20-26)44(25-14-8-5-9-15-25)40-32-21-31(39(40)43(37,45(44)50)24-12-6-4-7-13-24)35(41(48)54-22-33(46)52-2)36(32)42(49)55-23-34(47)53-3/h4-20,31-32,35-36,39-40H,21-23H2,1-3H3/t31-,32+,35?,36?,39?,40?,43-,44+/m0/s1. The zero-order valence-electron chi connectivity index (χ0n) is 30.4. The highest BCUT2D eigenvalue weighted by molar-refractivity contribution is 6.13. The van der Waals surface area contributed by atoms with Crippen LogP contribution in [0.3, 0.4) is 0 Å². The molecule has 4 bridgehead atoms.